The quantitative estimate of drug-likeness (QED) is 0.127. The van der Waals surface area contributed by atoms with Crippen molar-refractivity contribution >= 4 is 10.4 Å². The first-order chi connectivity index (χ1) is 11.2. The third-order valence-corrected chi connectivity index (χ3v) is 4.64. The predicted octanol–water partition coefficient (Wildman–Crippen LogP) is -3.61. The molecule has 5 atom stereocenters. The molecule has 0 bridgehead atoms. The van der Waals surface area contributed by atoms with E-state index < -0.39 is 47.2 Å². The molecule has 0 aliphatic carbocycles. The van der Waals surface area contributed by atoms with Crippen molar-refractivity contribution in [3.8, 4) is 0 Å². The summed E-state index contributed by atoms with van der Waals surface area (Å²) in [5, 5.41) is 38.9. The molecule has 1 fully saturated rings. The molecule has 144 valence electrons. The van der Waals surface area contributed by atoms with Crippen LogP contribution in [0.1, 0.15) is 51.9 Å². The van der Waals surface area contributed by atoms with Crippen molar-refractivity contribution in [2.75, 3.05) is 6.61 Å². The molecule has 0 amide bonds. The summed E-state index contributed by atoms with van der Waals surface area (Å²) < 4.78 is 42.7. The molecule has 0 aromatic carbocycles. The van der Waals surface area contributed by atoms with Crippen LogP contribution in [-0.4, -0.2) is 70.2 Å². The second-order valence-electron chi connectivity index (χ2n) is 6.09. The molecule has 1 rings (SSSR count). The first-order valence-corrected chi connectivity index (χ1v) is 9.49. The van der Waals surface area contributed by atoms with Crippen LogP contribution in [0.15, 0.2) is 0 Å². The zero-order chi connectivity index (χ0) is 18.4. The smallest absolute Gasteiger partial charge is 0.725 e. The Balaban J connectivity index is 0.00000576. The Labute approximate surface area is 170 Å². The Morgan fingerprint density at radius 3 is 2.16 bits per heavy atom. The van der Waals surface area contributed by atoms with Crippen LogP contribution < -0.4 is 29.6 Å². The molecule has 0 saturated carbocycles. The Morgan fingerprint density at radius 2 is 1.64 bits per heavy atom. The topological polar surface area (TPSA) is 157 Å². The van der Waals surface area contributed by atoms with E-state index in [0.717, 1.165) is 25.7 Å². The number of aliphatic hydroxyl groups is 4. The fraction of sp³-hybridized carbons (Fsp3) is 1.00. The molecule has 1 unspecified atom stereocenters. The molecule has 9 nitrogen and oxygen atoms in total. The average molecular weight is 394 g/mol. The van der Waals surface area contributed by atoms with Gasteiger partial charge in [0, 0.05) is 6.42 Å². The summed E-state index contributed by atoms with van der Waals surface area (Å²) in [7, 11) is -5.25. The second kappa shape index (κ2) is 11.5. The van der Waals surface area contributed by atoms with E-state index in [1.54, 1.807) is 0 Å². The van der Waals surface area contributed by atoms with E-state index in [0.29, 0.717) is 12.8 Å². The normalized spacial score (nSPS) is 33.0. The molecule has 1 heterocycles. The maximum atomic E-state index is 11.0. The molecule has 1 saturated heterocycles. The predicted molar refractivity (Wildman–Crippen MR) is 81.5 cm³/mol. The van der Waals surface area contributed by atoms with Crippen LogP contribution in [0.25, 0.3) is 0 Å². The third kappa shape index (κ3) is 7.67. The summed E-state index contributed by atoms with van der Waals surface area (Å²) in [4.78, 5) is 0. The van der Waals surface area contributed by atoms with Crippen molar-refractivity contribution in [1.82, 2.24) is 0 Å². The monoisotopic (exact) mass is 394 g/mol. The number of hydrogen-bond donors (Lipinski definition) is 4. The Bertz CT molecular complexity index is 473. The van der Waals surface area contributed by atoms with Gasteiger partial charge in [0.2, 0.25) is 16.2 Å². The molecule has 25 heavy (non-hydrogen) atoms. The van der Waals surface area contributed by atoms with E-state index in [9.17, 15) is 33.4 Å². The number of aliphatic hydroxyl groups excluding tert-OH is 4. The van der Waals surface area contributed by atoms with Crippen molar-refractivity contribution in [3.63, 3.8) is 0 Å². The van der Waals surface area contributed by atoms with Crippen LogP contribution in [0.3, 0.4) is 0 Å². The van der Waals surface area contributed by atoms with Crippen molar-refractivity contribution in [2.45, 2.75) is 82.1 Å². The van der Waals surface area contributed by atoms with Gasteiger partial charge in [-0.25, -0.2) is 12.6 Å². The maximum absolute atomic E-state index is 11.0. The van der Waals surface area contributed by atoms with Crippen LogP contribution in [-0.2, 0) is 19.3 Å². The zero-order valence-electron chi connectivity index (χ0n) is 14.7. The van der Waals surface area contributed by atoms with Crippen molar-refractivity contribution < 1.29 is 71.9 Å². The molecular formula is C14H27NaO9S. The summed E-state index contributed by atoms with van der Waals surface area (Å²) >= 11 is 0. The second-order valence-corrected chi connectivity index (χ2v) is 7.07. The van der Waals surface area contributed by atoms with E-state index in [4.69, 9.17) is 4.74 Å². The van der Waals surface area contributed by atoms with Gasteiger partial charge in [0.05, 0.1) is 6.61 Å². The first kappa shape index (κ1) is 25.7. The minimum atomic E-state index is -5.25. The van der Waals surface area contributed by atoms with Gasteiger partial charge in [-0.15, -0.1) is 0 Å². The van der Waals surface area contributed by atoms with Gasteiger partial charge in [-0.1, -0.05) is 39.0 Å². The zero-order valence-corrected chi connectivity index (χ0v) is 17.5. The maximum Gasteiger partial charge on any atom is 1.00 e. The van der Waals surface area contributed by atoms with Gasteiger partial charge >= 0.3 is 29.6 Å². The average Bonchev–Trinajstić information content (AvgIpc) is 2.50. The van der Waals surface area contributed by atoms with E-state index >= 15 is 0 Å². The molecule has 0 aromatic rings. The Hall–Kier alpha value is 0.670. The van der Waals surface area contributed by atoms with Crippen LogP contribution in [0.5, 0.6) is 0 Å². The summed E-state index contributed by atoms with van der Waals surface area (Å²) in [6.07, 6.45) is -1.92. The van der Waals surface area contributed by atoms with Gasteiger partial charge in [-0.2, -0.15) is 0 Å². The molecule has 0 spiro atoms. The molecular weight excluding hydrogens is 367 g/mol. The summed E-state index contributed by atoms with van der Waals surface area (Å²) in [5.41, 5.74) is 0. The van der Waals surface area contributed by atoms with Gasteiger partial charge in [0.25, 0.3) is 0 Å². The Kier molecular flexibility index (Phi) is 11.8. The minimum Gasteiger partial charge on any atom is -0.725 e. The van der Waals surface area contributed by atoms with Gasteiger partial charge in [0.15, 0.2) is 0 Å². The van der Waals surface area contributed by atoms with E-state index in [2.05, 4.69) is 11.1 Å². The molecule has 11 heteroatoms. The summed E-state index contributed by atoms with van der Waals surface area (Å²) in [6.45, 7) is 1.32. The number of ether oxygens (including phenoxy) is 1. The summed E-state index contributed by atoms with van der Waals surface area (Å²) in [6, 6.07) is 0. The largest absolute Gasteiger partial charge is 1.00 e. The fourth-order valence-corrected chi connectivity index (χ4v) is 3.42. The van der Waals surface area contributed by atoms with Gasteiger partial charge in [-0.3, -0.25) is 0 Å². The number of hydrogen-bond acceptors (Lipinski definition) is 9. The third-order valence-electron chi connectivity index (χ3n) is 4.16. The number of rotatable bonds is 10. The van der Waals surface area contributed by atoms with E-state index in [-0.39, 0.29) is 36.0 Å². The van der Waals surface area contributed by atoms with Gasteiger partial charge < -0.3 is 29.7 Å². The molecule has 1 aliphatic heterocycles. The molecule has 4 N–H and O–H groups in total. The fourth-order valence-electron chi connectivity index (χ4n) is 2.85. The molecule has 1 aliphatic rings. The van der Waals surface area contributed by atoms with Crippen molar-refractivity contribution in [2.24, 2.45) is 0 Å². The van der Waals surface area contributed by atoms with Crippen LogP contribution in [0.2, 0.25) is 0 Å². The van der Waals surface area contributed by atoms with Gasteiger partial charge in [0.1, 0.15) is 24.4 Å². The van der Waals surface area contributed by atoms with Gasteiger partial charge in [-0.05, 0) is 6.42 Å². The Morgan fingerprint density at radius 1 is 1.08 bits per heavy atom. The van der Waals surface area contributed by atoms with Crippen molar-refractivity contribution in [1.29, 1.82) is 0 Å². The minimum absolute atomic E-state index is 0. The van der Waals surface area contributed by atoms with E-state index in [1.165, 1.54) is 0 Å². The van der Waals surface area contributed by atoms with E-state index in [1.807, 2.05) is 0 Å². The number of unbranched alkanes of at least 4 members (excludes halogenated alkanes) is 5. The SMILES string of the molecule is CCCCCCCCC1(OS(=O)(=O)[O-])O[C@H](CO)[C@@H](O)[C@H](O)[C@H]1O.[Na+]. The summed E-state index contributed by atoms with van der Waals surface area (Å²) in [5.74, 6) is -2.32. The van der Waals surface area contributed by atoms with Crippen LogP contribution in [0.4, 0.5) is 0 Å². The van der Waals surface area contributed by atoms with Crippen molar-refractivity contribution in [3.05, 3.63) is 0 Å². The molecule has 0 radical (unpaired) electrons. The van der Waals surface area contributed by atoms with Crippen LogP contribution >= 0.6 is 0 Å². The first-order valence-electron chi connectivity index (χ1n) is 8.16. The molecule has 0 aromatic heterocycles. The van der Waals surface area contributed by atoms with Crippen LogP contribution in [0, 0.1) is 0 Å². The standard InChI is InChI=1S/C14H28O9S.Na/c1-2-3-4-5-6-7-8-14(23-24(19,20)21)13(18)12(17)11(16)10(9-15)22-14;/h10-13,15-18H,2-9H2,1H3,(H,19,20,21);/q;+1/p-1/t10-,11-,12+,13-,14?;/m1./s1.